The van der Waals surface area contributed by atoms with Gasteiger partial charge in [-0.3, -0.25) is 19.7 Å². The Morgan fingerprint density at radius 1 is 1.00 bits per heavy atom. The molecule has 2 aromatic rings. The van der Waals surface area contributed by atoms with Gasteiger partial charge in [0.05, 0.1) is 28.0 Å². The van der Waals surface area contributed by atoms with Crippen LogP contribution in [0.2, 0.25) is 0 Å². The molecule has 2 aliphatic carbocycles. The first kappa shape index (κ1) is 18.5. The summed E-state index contributed by atoms with van der Waals surface area (Å²) in [6.07, 6.45) is 2.98. The monoisotopic (exact) mass is 406 g/mol. The average Bonchev–Trinajstić information content (AvgIpc) is 3.42. The fraction of sp³-hybridized carbons (Fsp3) is 0.318. The van der Waals surface area contributed by atoms with Gasteiger partial charge in [-0.1, -0.05) is 6.07 Å². The van der Waals surface area contributed by atoms with E-state index in [1.165, 1.54) is 35.2 Å². The second kappa shape index (κ2) is 6.76. The largest absolute Gasteiger partial charge is 0.423 e. The summed E-state index contributed by atoms with van der Waals surface area (Å²) in [6, 6.07) is 11.4. The van der Waals surface area contributed by atoms with Gasteiger partial charge >= 0.3 is 5.97 Å². The highest BCUT2D eigenvalue weighted by Crippen LogP contribution is 2.56. The maximum Gasteiger partial charge on any atom is 0.343 e. The lowest BCUT2D eigenvalue weighted by atomic mass is 9.81. The Balaban J connectivity index is 1.36. The maximum atomic E-state index is 13.0. The SMILES string of the molecule is O=C(Oc1cccc(N2C(=O)[C@H]3[C@H]4CC[C@@H](C4)[C@@H]3C2=O)c1)c1ccc([N+](=O)[O-])cc1. The van der Waals surface area contributed by atoms with Crippen LogP contribution in [0, 0.1) is 33.8 Å². The molecule has 4 atom stereocenters. The molecule has 30 heavy (non-hydrogen) atoms. The predicted molar refractivity (Wildman–Crippen MR) is 105 cm³/mol. The zero-order valence-corrected chi connectivity index (χ0v) is 15.9. The molecule has 5 rings (SSSR count). The molecule has 0 aromatic heterocycles. The summed E-state index contributed by atoms with van der Waals surface area (Å²) >= 11 is 0. The van der Waals surface area contributed by atoms with Gasteiger partial charge in [-0.05, 0) is 55.4 Å². The Bertz CT molecular complexity index is 1050. The van der Waals surface area contributed by atoms with Gasteiger partial charge in [0.25, 0.3) is 5.69 Å². The average molecular weight is 406 g/mol. The third-order valence-corrected chi connectivity index (χ3v) is 6.53. The van der Waals surface area contributed by atoms with Gasteiger partial charge < -0.3 is 4.74 Å². The molecule has 8 nitrogen and oxygen atoms in total. The summed E-state index contributed by atoms with van der Waals surface area (Å²) in [6.45, 7) is 0. The number of anilines is 1. The van der Waals surface area contributed by atoms with Crippen LogP contribution in [0.3, 0.4) is 0 Å². The van der Waals surface area contributed by atoms with Crippen molar-refractivity contribution in [3.8, 4) is 5.75 Å². The molecular formula is C22H18N2O6. The summed E-state index contributed by atoms with van der Waals surface area (Å²) in [4.78, 5) is 49.7. The highest BCUT2D eigenvalue weighted by molar-refractivity contribution is 6.22. The summed E-state index contributed by atoms with van der Waals surface area (Å²) in [5, 5.41) is 10.7. The van der Waals surface area contributed by atoms with E-state index in [2.05, 4.69) is 0 Å². The molecule has 1 aliphatic heterocycles. The van der Waals surface area contributed by atoms with Crippen LogP contribution >= 0.6 is 0 Å². The lowest BCUT2D eigenvalue weighted by Crippen LogP contribution is -2.32. The minimum Gasteiger partial charge on any atom is -0.423 e. The van der Waals surface area contributed by atoms with Crippen LogP contribution in [0.15, 0.2) is 48.5 Å². The van der Waals surface area contributed by atoms with E-state index in [-0.39, 0.29) is 40.7 Å². The van der Waals surface area contributed by atoms with E-state index in [1.807, 2.05) is 0 Å². The number of non-ortho nitro benzene ring substituents is 1. The molecule has 8 heteroatoms. The van der Waals surface area contributed by atoms with Crippen LogP contribution in [0.5, 0.6) is 5.75 Å². The van der Waals surface area contributed by atoms with Gasteiger partial charge in [0.15, 0.2) is 0 Å². The normalized spacial score (nSPS) is 26.7. The van der Waals surface area contributed by atoms with E-state index in [1.54, 1.807) is 18.2 Å². The van der Waals surface area contributed by atoms with Crippen LogP contribution in [0.25, 0.3) is 0 Å². The number of benzene rings is 2. The second-order valence-electron chi connectivity index (χ2n) is 8.09. The van der Waals surface area contributed by atoms with Crippen LogP contribution in [0.1, 0.15) is 29.6 Å². The van der Waals surface area contributed by atoms with Crippen molar-refractivity contribution in [2.45, 2.75) is 19.3 Å². The number of amides is 2. The molecule has 2 amide bonds. The quantitative estimate of drug-likeness (QED) is 0.253. The Morgan fingerprint density at radius 2 is 1.63 bits per heavy atom. The Hall–Kier alpha value is -3.55. The number of ether oxygens (including phenoxy) is 1. The topological polar surface area (TPSA) is 107 Å². The molecule has 0 unspecified atom stereocenters. The summed E-state index contributed by atoms with van der Waals surface area (Å²) in [5.41, 5.74) is 0.428. The summed E-state index contributed by atoms with van der Waals surface area (Å²) in [7, 11) is 0. The minimum atomic E-state index is -0.684. The number of nitro benzene ring substituents is 1. The van der Waals surface area contributed by atoms with Crippen molar-refractivity contribution in [1.29, 1.82) is 0 Å². The van der Waals surface area contributed by atoms with E-state index in [0.29, 0.717) is 17.5 Å². The lowest BCUT2D eigenvalue weighted by molar-refractivity contribution is -0.384. The highest BCUT2D eigenvalue weighted by Gasteiger charge is 2.61. The number of esters is 1. The number of nitro groups is 1. The van der Waals surface area contributed by atoms with Crippen molar-refractivity contribution in [2.24, 2.45) is 23.7 Å². The van der Waals surface area contributed by atoms with Gasteiger partial charge in [-0.2, -0.15) is 0 Å². The molecule has 2 saturated carbocycles. The third-order valence-electron chi connectivity index (χ3n) is 6.53. The molecule has 152 valence electrons. The Labute approximate surface area is 171 Å². The van der Waals surface area contributed by atoms with Crippen molar-refractivity contribution in [1.82, 2.24) is 0 Å². The molecule has 0 N–H and O–H groups in total. The van der Waals surface area contributed by atoms with E-state index in [0.717, 1.165) is 19.3 Å². The van der Waals surface area contributed by atoms with Gasteiger partial charge in [0.1, 0.15) is 5.75 Å². The molecule has 0 spiro atoms. The van der Waals surface area contributed by atoms with Crippen molar-refractivity contribution in [3.05, 3.63) is 64.2 Å². The van der Waals surface area contributed by atoms with E-state index in [9.17, 15) is 24.5 Å². The van der Waals surface area contributed by atoms with Gasteiger partial charge in [0.2, 0.25) is 11.8 Å². The van der Waals surface area contributed by atoms with Crippen molar-refractivity contribution in [3.63, 3.8) is 0 Å². The molecule has 3 aliphatic rings. The molecule has 1 saturated heterocycles. The number of carbonyl (C=O) groups is 3. The molecular weight excluding hydrogens is 388 g/mol. The standard InChI is InChI=1S/C22H18N2O6/c25-20-18-13-4-5-14(10-13)19(18)21(26)23(20)16-2-1-3-17(11-16)30-22(27)12-6-8-15(9-7-12)24(28)29/h1-3,6-9,11,13-14,18-19H,4-5,10H2/t13-,14-,18-,19-/m0/s1. The number of nitrogens with zero attached hydrogens (tertiary/aromatic N) is 2. The number of hydrogen-bond donors (Lipinski definition) is 0. The highest BCUT2D eigenvalue weighted by atomic mass is 16.6. The zero-order valence-electron chi connectivity index (χ0n) is 15.9. The first-order valence-corrected chi connectivity index (χ1v) is 9.88. The maximum absolute atomic E-state index is 13.0. The summed E-state index contributed by atoms with van der Waals surface area (Å²) in [5.74, 6) is -0.654. The van der Waals surface area contributed by atoms with Crippen molar-refractivity contribution in [2.75, 3.05) is 4.90 Å². The Morgan fingerprint density at radius 3 is 2.23 bits per heavy atom. The molecule has 0 radical (unpaired) electrons. The van der Waals surface area contributed by atoms with Gasteiger partial charge in [0, 0.05) is 18.2 Å². The minimum absolute atomic E-state index is 0.126. The molecule has 3 fully saturated rings. The molecule has 2 bridgehead atoms. The number of fused-ring (bicyclic) bond motifs is 5. The first-order valence-electron chi connectivity index (χ1n) is 9.88. The van der Waals surface area contributed by atoms with Crippen molar-refractivity contribution >= 4 is 29.2 Å². The number of imide groups is 1. The van der Waals surface area contributed by atoms with Crippen LogP contribution < -0.4 is 9.64 Å². The number of hydrogen-bond acceptors (Lipinski definition) is 6. The van der Waals surface area contributed by atoms with Gasteiger partial charge in [-0.15, -0.1) is 0 Å². The first-order chi connectivity index (χ1) is 14.4. The van der Waals surface area contributed by atoms with E-state index in [4.69, 9.17) is 4.74 Å². The Kier molecular flexibility index (Phi) is 4.16. The van der Waals surface area contributed by atoms with Crippen molar-refractivity contribution < 1.29 is 24.0 Å². The summed E-state index contributed by atoms with van der Waals surface area (Å²) < 4.78 is 5.36. The number of carbonyl (C=O) groups excluding carboxylic acids is 3. The second-order valence-corrected chi connectivity index (χ2v) is 8.09. The number of rotatable bonds is 4. The van der Waals surface area contributed by atoms with E-state index < -0.39 is 10.9 Å². The van der Waals surface area contributed by atoms with Gasteiger partial charge in [-0.25, -0.2) is 9.69 Å². The predicted octanol–water partition coefficient (Wildman–Crippen LogP) is 3.35. The van der Waals surface area contributed by atoms with Crippen LogP contribution in [0.4, 0.5) is 11.4 Å². The molecule has 1 heterocycles. The van der Waals surface area contributed by atoms with E-state index >= 15 is 0 Å². The fourth-order valence-corrected chi connectivity index (χ4v) is 5.23. The third kappa shape index (κ3) is 2.79. The lowest BCUT2D eigenvalue weighted by Gasteiger charge is -2.19. The zero-order chi connectivity index (χ0) is 21.0. The smallest absolute Gasteiger partial charge is 0.343 e. The van der Waals surface area contributed by atoms with Crippen LogP contribution in [-0.4, -0.2) is 22.7 Å². The fourth-order valence-electron chi connectivity index (χ4n) is 5.23. The molecule has 2 aromatic carbocycles. The van der Waals surface area contributed by atoms with Crippen LogP contribution in [-0.2, 0) is 9.59 Å².